The number of pyridine rings is 2. The first kappa shape index (κ1) is 18.4. The second-order valence-corrected chi connectivity index (χ2v) is 6.60. The van der Waals surface area contributed by atoms with Crippen LogP contribution in [0.4, 0.5) is 11.6 Å². The van der Waals surface area contributed by atoms with E-state index in [1.165, 1.54) is 0 Å². The summed E-state index contributed by atoms with van der Waals surface area (Å²) < 4.78 is 0. The van der Waals surface area contributed by atoms with E-state index in [2.05, 4.69) is 44.3 Å². The Morgan fingerprint density at radius 3 is 2.67 bits per heavy atom. The summed E-state index contributed by atoms with van der Waals surface area (Å²) in [5, 5.41) is 11.4. The maximum Gasteiger partial charge on any atom is 0.154 e. The first-order valence-electron chi connectivity index (χ1n) is 8.73. The van der Waals surface area contributed by atoms with Gasteiger partial charge in [0.05, 0.1) is 17.2 Å². The molecule has 0 atom stereocenters. The molecule has 0 aliphatic rings. The van der Waals surface area contributed by atoms with Crippen LogP contribution in [0.15, 0.2) is 47.3 Å². The van der Waals surface area contributed by atoms with E-state index in [0.717, 1.165) is 27.7 Å². The number of hydrogen-bond acceptors (Lipinski definition) is 7. The van der Waals surface area contributed by atoms with Crippen molar-refractivity contribution in [1.82, 2.24) is 20.2 Å². The second kappa shape index (κ2) is 7.90. The third-order valence-corrected chi connectivity index (χ3v) is 4.13. The van der Waals surface area contributed by atoms with Gasteiger partial charge in [0.1, 0.15) is 5.82 Å². The Labute approximate surface area is 158 Å². The molecule has 0 saturated carbocycles. The molecular weight excluding hydrogens is 338 g/mol. The SMILES string of the molecule is CN=CC(=C(C)N)c1cnc2ccc(Nc3cc(C(C)C)cnn3)nc2c1. The van der Waals surface area contributed by atoms with E-state index < -0.39 is 0 Å². The summed E-state index contributed by atoms with van der Waals surface area (Å²) >= 11 is 0. The summed E-state index contributed by atoms with van der Waals surface area (Å²) in [5.41, 5.74) is 11.0. The summed E-state index contributed by atoms with van der Waals surface area (Å²) in [5.74, 6) is 1.71. The number of nitrogens with one attached hydrogen (secondary N) is 1. The molecule has 0 unspecified atom stereocenters. The Bertz CT molecular complexity index is 1020. The van der Waals surface area contributed by atoms with Gasteiger partial charge in [-0.05, 0) is 42.7 Å². The van der Waals surface area contributed by atoms with Crippen molar-refractivity contribution in [3.63, 3.8) is 0 Å². The zero-order valence-electron chi connectivity index (χ0n) is 15.9. The lowest BCUT2D eigenvalue weighted by atomic mass is 10.1. The van der Waals surface area contributed by atoms with Crippen molar-refractivity contribution in [2.24, 2.45) is 10.7 Å². The second-order valence-electron chi connectivity index (χ2n) is 6.60. The number of aliphatic imine (C=N–C) groups is 1. The van der Waals surface area contributed by atoms with E-state index >= 15 is 0 Å². The number of fused-ring (bicyclic) bond motifs is 1. The summed E-state index contributed by atoms with van der Waals surface area (Å²) in [6.07, 6.45) is 5.29. The molecule has 0 radical (unpaired) electrons. The van der Waals surface area contributed by atoms with Crippen molar-refractivity contribution in [1.29, 1.82) is 0 Å². The Hall–Kier alpha value is -3.35. The molecule has 0 amide bonds. The molecule has 7 heteroatoms. The van der Waals surface area contributed by atoms with Gasteiger partial charge in [-0.15, -0.1) is 5.10 Å². The highest BCUT2D eigenvalue weighted by molar-refractivity contribution is 6.11. The van der Waals surface area contributed by atoms with E-state index in [4.69, 9.17) is 5.73 Å². The van der Waals surface area contributed by atoms with E-state index in [9.17, 15) is 0 Å². The van der Waals surface area contributed by atoms with E-state index in [1.807, 2.05) is 31.2 Å². The number of hydrogen-bond donors (Lipinski definition) is 2. The summed E-state index contributed by atoms with van der Waals surface area (Å²) in [4.78, 5) is 13.2. The molecule has 0 aliphatic heterocycles. The number of nitrogens with zero attached hydrogens (tertiary/aromatic N) is 5. The van der Waals surface area contributed by atoms with Crippen LogP contribution in [0.2, 0.25) is 0 Å². The predicted octanol–water partition coefficient (Wildman–Crippen LogP) is 3.68. The number of nitrogens with two attached hydrogens (primary N) is 1. The van der Waals surface area contributed by atoms with Gasteiger partial charge in [-0.3, -0.25) is 9.98 Å². The molecule has 3 aromatic rings. The number of aromatic nitrogens is 4. The van der Waals surface area contributed by atoms with Gasteiger partial charge in [0.15, 0.2) is 5.82 Å². The van der Waals surface area contributed by atoms with Crippen molar-refractivity contribution >= 4 is 34.5 Å². The van der Waals surface area contributed by atoms with E-state index in [-0.39, 0.29) is 0 Å². The van der Waals surface area contributed by atoms with Gasteiger partial charge in [0.25, 0.3) is 0 Å². The quantitative estimate of drug-likeness (QED) is 0.672. The van der Waals surface area contributed by atoms with E-state index in [1.54, 1.807) is 25.7 Å². The molecule has 138 valence electrons. The fourth-order valence-electron chi connectivity index (χ4n) is 2.65. The minimum absolute atomic E-state index is 0.377. The molecule has 0 aliphatic carbocycles. The number of allylic oxidation sites excluding steroid dienone is 2. The van der Waals surface area contributed by atoms with Crippen LogP contribution in [0.1, 0.15) is 37.8 Å². The van der Waals surface area contributed by atoms with Crippen LogP contribution < -0.4 is 11.1 Å². The van der Waals surface area contributed by atoms with E-state index in [0.29, 0.717) is 23.3 Å². The van der Waals surface area contributed by atoms with Crippen LogP contribution in [-0.2, 0) is 0 Å². The first-order valence-corrected chi connectivity index (χ1v) is 8.73. The first-order chi connectivity index (χ1) is 13.0. The molecule has 0 saturated heterocycles. The largest absolute Gasteiger partial charge is 0.402 e. The molecule has 0 spiro atoms. The monoisotopic (exact) mass is 361 g/mol. The Kier molecular flexibility index (Phi) is 5.40. The van der Waals surface area contributed by atoms with Crippen molar-refractivity contribution in [3.8, 4) is 0 Å². The smallest absolute Gasteiger partial charge is 0.154 e. The summed E-state index contributed by atoms with van der Waals surface area (Å²) in [6.45, 7) is 6.08. The van der Waals surface area contributed by atoms with Crippen molar-refractivity contribution < 1.29 is 0 Å². The Morgan fingerprint density at radius 2 is 1.96 bits per heavy atom. The maximum absolute atomic E-state index is 5.98. The molecule has 27 heavy (non-hydrogen) atoms. The summed E-state index contributed by atoms with van der Waals surface area (Å²) in [7, 11) is 1.71. The topological polar surface area (TPSA) is 102 Å². The maximum atomic E-state index is 5.98. The molecule has 3 aromatic heterocycles. The standard InChI is InChI=1S/C20H23N7/c1-12(2)14-8-20(27-24-10-14)26-19-6-5-17-18(25-19)7-15(9-23-17)16(11-22-4)13(3)21/h5-12H,21H2,1-4H3,(H,25,26,27). The predicted molar refractivity (Wildman–Crippen MR) is 110 cm³/mol. The normalized spacial score (nSPS) is 12.6. The summed E-state index contributed by atoms with van der Waals surface area (Å²) in [6, 6.07) is 7.73. The minimum atomic E-state index is 0.377. The lowest BCUT2D eigenvalue weighted by molar-refractivity contribution is 0.843. The highest BCUT2D eigenvalue weighted by Gasteiger charge is 2.08. The lowest BCUT2D eigenvalue weighted by Crippen LogP contribution is -2.02. The van der Waals surface area contributed by atoms with Gasteiger partial charge in [-0.25, -0.2) is 4.98 Å². The molecule has 0 bridgehead atoms. The van der Waals surface area contributed by atoms with Crippen LogP contribution in [0, 0.1) is 0 Å². The zero-order chi connectivity index (χ0) is 19.4. The van der Waals surface area contributed by atoms with Gasteiger partial charge >= 0.3 is 0 Å². The number of rotatable bonds is 5. The van der Waals surface area contributed by atoms with Crippen LogP contribution in [0.25, 0.3) is 16.6 Å². The van der Waals surface area contributed by atoms with Crippen LogP contribution in [-0.4, -0.2) is 33.4 Å². The molecule has 0 fully saturated rings. The van der Waals surface area contributed by atoms with Crippen molar-refractivity contribution in [2.45, 2.75) is 26.7 Å². The molecule has 0 aromatic carbocycles. The lowest BCUT2D eigenvalue weighted by Gasteiger charge is -2.09. The Morgan fingerprint density at radius 1 is 1.15 bits per heavy atom. The van der Waals surface area contributed by atoms with Gasteiger partial charge in [-0.1, -0.05) is 13.8 Å². The third-order valence-electron chi connectivity index (χ3n) is 4.13. The van der Waals surface area contributed by atoms with Crippen molar-refractivity contribution in [3.05, 3.63) is 53.5 Å². The average molecular weight is 361 g/mol. The average Bonchev–Trinajstić information content (AvgIpc) is 2.65. The Balaban J connectivity index is 1.97. The van der Waals surface area contributed by atoms with Crippen LogP contribution >= 0.6 is 0 Å². The highest BCUT2D eigenvalue weighted by atomic mass is 15.2. The van der Waals surface area contributed by atoms with Gasteiger partial charge in [-0.2, -0.15) is 5.10 Å². The third kappa shape index (κ3) is 4.25. The molecular formula is C20H23N7. The van der Waals surface area contributed by atoms with Gasteiger partial charge in [0, 0.05) is 36.3 Å². The van der Waals surface area contributed by atoms with Gasteiger partial charge < -0.3 is 11.1 Å². The minimum Gasteiger partial charge on any atom is -0.402 e. The fraction of sp³-hybridized carbons (Fsp3) is 0.250. The molecule has 3 heterocycles. The molecule has 7 nitrogen and oxygen atoms in total. The van der Waals surface area contributed by atoms with Crippen LogP contribution in [0.5, 0.6) is 0 Å². The zero-order valence-corrected chi connectivity index (χ0v) is 15.9. The highest BCUT2D eigenvalue weighted by Crippen LogP contribution is 2.22. The van der Waals surface area contributed by atoms with Crippen LogP contribution in [0.3, 0.4) is 0 Å². The molecule has 3 N–H and O–H groups in total. The number of anilines is 2. The van der Waals surface area contributed by atoms with Gasteiger partial charge in [0.2, 0.25) is 0 Å². The van der Waals surface area contributed by atoms with Crippen molar-refractivity contribution in [2.75, 3.05) is 12.4 Å². The fourth-order valence-corrected chi connectivity index (χ4v) is 2.65. The molecule has 3 rings (SSSR count).